The Balaban J connectivity index is 1.83. The first kappa shape index (κ1) is 12.7. The third-order valence-electron chi connectivity index (χ3n) is 3.97. The molecule has 0 amide bonds. The van der Waals surface area contributed by atoms with Crippen molar-refractivity contribution in [1.29, 1.82) is 0 Å². The van der Waals surface area contributed by atoms with Crippen molar-refractivity contribution >= 4 is 0 Å². The normalized spacial score (nSPS) is 25.8. The Kier molecular flexibility index (Phi) is 4.66. The quantitative estimate of drug-likeness (QED) is 0.801. The molecule has 1 fully saturated rings. The number of furan rings is 1. The maximum atomic E-state index is 5.73. The second-order valence-electron chi connectivity index (χ2n) is 5.32. The van der Waals surface area contributed by atoms with Crippen LogP contribution >= 0.6 is 0 Å². The highest BCUT2D eigenvalue weighted by molar-refractivity contribution is 5.06. The van der Waals surface area contributed by atoms with Crippen molar-refractivity contribution in [3.05, 3.63) is 23.7 Å². The van der Waals surface area contributed by atoms with E-state index in [1.807, 2.05) is 0 Å². The predicted octanol–water partition coefficient (Wildman–Crippen LogP) is 3.90. The first-order valence-corrected chi connectivity index (χ1v) is 7.10. The van der Waals surface area contributed by atoms with Crippen LogP contribution in [0.2, 0.25) is 0 Å². The summed E-state index contributed by atoms with van der Waals surface area (Å²) in [6.07, 6.45) is 7.86. The molecule has 2 nitrogen and oxygen atoms in total. The van der Waals surface area contributed by atoms with Crippen LogP contribution in [0.1, 0.15) is 57.5 Å². The van der Waals surface area contributed by atoms with Gasteiger partial charge in [0, 0.05) is 12.5 Å². The molecule has 1 aromatic heterocycles. The fourth-order valence-corrected chi connectivity index (χ4v) is 2.74. The molecule has 1 aliphatic carbocycles. The molecule has 0 spiro atoms. The van der Waals surface area contributed by atoms with Gasteiger partial charge in [0.25, 0.3) is 0 Å². The molecule has 17 heavy (non-hydrogen) atoms. The van der Waals surface area contributed by atoms with Crippen molar-refractivity contribution in [3.63, 3.8) is 0 Å². The molecule has 2 rings (SSSR count). The van der Waals surface area contributed by atoms with Gasteiger partial charge in [0.15, 0.2) is 0 Å². The molecule has 1 N–H and O–H groups in total. The summed E-state index contributed by atoms with van der Waals surface area (Å²) in [6.45, 7) is 5.39. The number of rotatable bonds is 4. The standard InChI is InChI=1S/C15H25NO/c1-3-13-9-10-14(17-13)11-16-15-8-6-4-5-7-12(15)2/h9-10,12,15-16H,3-8,11H2,1-2H3. The first-order valence-electron chi connectivity index (χ1n) is 7.10. The van der Waals surface area contributed by atoms with Crippen LogP contribution in [-0.2, 0) is 13.0 Å². The summed E-state index contributed by atoms with van der Waals surface area (Å²) >= 11 is 0. The number of hydrogen-bond donors (Lipinski definition) is 1. The lowest BCUT2D eigenvalue weighted by molar-refractivity contribution is 0.338. The van der Waals surface area contributed by atoms with E-state index < -0.39 is 0 Å². The zero-order chi connectivity index (χ0) is 12.1. The summed E-state index contributed by atoms with van der Waals surface area (Å²) in [5, 5.41) is 3.67. The van der Waals surface area contributed by atoms with Crippen LogP contribution in [0.3, 0.4) is 0 Å². The summed E-state index contributed by atoms with van der Waals surface area (Å²) in [7, 11) is 0. The van der Waals surface area contributed by atoms with Crippen molar-refractivity contribution < 1.29 is 4.42 Å². The van der Waals surface area contributed by atoms with Gasteiger partial charge >= 0.3 is 0 Å². The Morgan fingerprint density at radius 1 is 1.18 bits per heavy atom. The Hall–Kier alpha value is -0.760. The molecule has 2 heteroatoms. The minimum atomic E-state index is 0.674. The highest BCUT2D eigenvalue weighted by Crippen LogP contribution is 2.23. The van der Waals surface area contributed by atoms with Crippen molar-refractivity contribution in [3.8, 4) is 0 Å². The summed E-state index contributed by atoms with van der Waals surface area (Å²) in [5.74, 6) is 2.98. The van der Waals surface area contributed by atoms with Gasteiger partial charge in [-0.05, 0) is 30.9 Å². The van der Waals surface area contributed by atoms with Crippen molar-refractivity contribution in [2.24, 2.45) is 5.92 Å². The minimum Gasteiger partial charge on any atom is -0.465 e. The van der Waals surface area contributed by atoms with E-state index in [4.69, 9.17) is 4.42 Å². The van der Waals surface area contributed by atoms with E-state index in [0.717, 1.165) is 30.4 Å². The second kappa shape index (κ2) is 6.25. The van der Waals surface area contributed by atoms with Gasteiger partial charge < -0.3 is 9.73 Å². The van der Waals surface area contributed by atoms with Crippen LogP contribution in [0.15, 0.2) is 16.5 Å². The maximum absolute atomic E-state index is 5.73. The van der Waals surface area contributed by atoms with Crippen molar-refractivity contribution in [2.75, 3.05) is 0 Å². The summed E-state index contributed by atoms with van der Waals surface area (Å²) in [6, 6.07) is 4.87. The average molecular weight is 235 g/mol. The third kappa shape index (κ3) is 3.60. The van der Waals surface area contributed by atoms with Crippen LogP contribution in [0, 0.1) is 5.92 Å². The summed E-state index contributed by atoms with van der Waals surface area (Å²) in [5.41, 5.74) is 0. The zero-order valence-electron chi connectivity index (χ0n) is 11.2. The Morgan fingerprint density at radius 3 is 2.71 bits per heavy atom. The fraction of sp³-hybridized carbons (Fsp3) is 0.733. The minimum absolute atomic E-state index is 0.674. The smallest absolute Gasteiger partial charge is 0.117 e. The van der Waals surface area contributed by atoms with E-state index in [1.54, 1.807) is 0 Å². The molecule has 1 heterocycles. The average Bonchev–Trinajstić information content (AvgIpc) is 2.70. The van der Waals surface area contributed by atoms with Crippen LogP contribution < -0.4 is 5.32 Å². The van der Waals surface area contributed by atoms with Gasteiger partial charge in [0.2, 0.25) is 0 Å². The van der Waals surface area contributed by atoms with Gasteiger partial charge in [-0.3, -0.25) is 0 Å². The van der Waals surface area contributed by atoms with Crippen LogP contribution in [0.4, 0.5) is 0 Å². The van der Waals surface area contributed by atoms with Gasteiger partial charge in [-0.15, -0.1) is 0 Å². The lowest BCUT2D eigenvalue weighted by Gasteiger charge is -2.22. The van der Waals surface area contributed by atoms with Gasteiger partial charge in [-0.25, -0.2) is 0 Å². The number of hydrogen-bond acceptors (Lipinski definition) is 2. The maximum Gasteiger partial charge on any atom is 0.117 e. The molecular formula is C15H25NO. The van der Waals surface area contributed by atoms with E-state index in [9.17, 15) is 0 Å². The van der Waals surface area contributed by atoms with E-state index in [1.165, 1.54) is 32.1 Å². The molecular weight excluding hydrogens is 210 g/mol. The lowest BCUT2D eigenvalue weighted by Crippen LogP contribution is -2.33. The zero-order valence-corrected chi connectivity index (χ0v) is 11.2. The molecule has 1 saturated carbocycles. The first-order chi connectivity index (χ1) is 8.29. The van der Waals surface area contributed by atoms with E-state index >= 15 is 0 Å². The monoisotopic (exact) mass is 235 g/mol. The van der Waals surface area contributed by atoms with Gasteiger partial charge in [0.05, 0.1) is 6.54 Å². The Morgan fingerprint density at radius 2 is 1.94 bits per heavy atom. The van der Waals surface area contributed by atoms with Crippen LogP contribution in [0.25, 0.3) is 0 Å². The Bertz CT molecular complexity index is 331. The van der Waals surface area contributed by atoms with Gasteiger partial charge in [0.1, 0.15) is 11.5 Å². The highest BCUT2D eigenvalue weighted by Gasteiger charge is 2.19. The number of nitrogens with one attached hydrogen (secondary N) is 1. The van der Waals surface area contributed by atoms with E-state index in [-0.39, 0.29) is 0 Å². The molecule has 96 valence electrons. The largest absolute Gasteiger partial charge is 0.465 e. The third-order valence-corrected chi connectivity index (χ3v) is 3.97. The van der Waals surface area contributed by atoms with Gasteiger partial charge in [-0.1, -0.05) is 33.1 Å². The molecule has 0 saturated heterocycles. The topological polar surface area (TPSA) is 25.2 Å². The summed E-state index contributed by atoms with van der Waals surface area (Å²) in [4.78, 5) is 0. The molecule has 2 unspecified atom stereocenters. The molecule has 0 radical (unpaired) electrons. The predicted molar refractivity (Wildman–Crippen MR) is 71.0 cm³/mol. The molecule has 1 aliphatic rings. The van der Waals surface area contributed by atoms with E-state index in [2.05, 4.69) is 31.3 Å². The van der Waals surface area contributed by atoms with Crippen molar-refractivity contribution in [2.45, 2.75) is 65.0 Å². The van der Waals surface area contributed by atoms with Gasteiger partial charge in [-0.2, -0.15) is 0 Å². The molecule has 0 aromatic carbocycles. The molecule has 2 atom stereocenters. The summed E-state index contributed by atoms with van der Waals surface area (Å²) < 4.78 is 5.73. The van der Waals surface area contributed by atoms with Crippen molar-refractivity contribution in [1.82, 2.24) is 5.32 Å². The molecule has 1 aromatic rings. The SMILES string of the molecule is CCc1ccc(CNC2CCCCCC2C)o1. The van der Waals surface area contributed by atoms with E-state index in [0.29, 0.717) is 6.04 Å². The lowest BCUT2D eigenvalue weighted by atomic mass is 9.97. The van der Waals surface area contributed by atoms with Crippen LogP contribution in [-0.4, -0.2) is 6.04 Å². The molecule has 0 bridgehead atoms. The Labute approximate surface area is 105 Å². The number of aryl methyl sites for hydroxylation is 1. The second-order valence-corrected chi connectivity index (χ2v) is 5.32. The fourth-order valence-electron chi connectivity index (χ4n) is 2.74. The molecule has 0 aliphatic heterocycles. The highest BCUT2D eigenvalue weighted by atomic mass is 16.3. The van der Waals surface area contributed by atoms with Crippen LogP contribution in [0.5, 0.6) is 0 Å².